The molecule has 0 radical (unpaired) electrons. The van der Waals surface area contributed by atoms with E-state index >= 15 is 0 Å². The maximum atomic E-state index is 6.76. The summed E-state index contributed by atoms with van der Waals surface area (Å²) in [4.78, 5) is 0. The molecule has 0 amide bonds. The summed E-state index contributed by atoms with van der Waals surface area (Å²) in [6.45, 7) is 0. The average molecular weight is 429 g/mol. The molecule has 5 N–H and O–H groups in total. The Hall–Kier alpha value is -0.883. The molecular formula is C25H44N4Si. The fourth-order valence-corrected chi connectivity index (χ4v) is 7.40. The molecule has 0 saturated heterocycles. The number of anilines is 1. The predicted molar refractivity (Wildman–Crippen MR) is 131 cm³/mol. The highest BCUT2D eigenvalue weighted by Gasteiger charge is 2.38. The fraction of sp³-hybridized carbons (Fsp3) is 0.760. The van der Waals surface area contributed by atoms with Crippen LogP contribution >= 0.6 is 0 Å². The van der Waals surface area contributed by atoms with Crippen molar-refractivity contribution in [1.82, 2.24) is 10.6 Å². The third-order valence-electron chi connectivity index (χ3n) is 7.77. The van der Waals surface area contributed by atoms with E-state index < -0.39 is 9.68 Å². The average Bonchev–Trinajstić information content (AvgIpc) is 2.81. The van der Waals surface area contributed by atoms with Crippen molar-refractivity contribution in [2.45, 2.75) is 120 Å². The van der Waals surface area contributed by atoms with E-state index in [-0.39, 0.29) is 5.29 Å². The minimum atomic E-state index is -0.888. The molecular weight excluding hydrogens is 384 g/mol. The van der Waals surface area contributed by atoms with Gasteiger partial charge >= 0.3 is 0 Å². The highest BCUT2D eigenvalue weighted by Crippen LogP contribution is 2.32. The molecule has 168 valence electrons. The molecule has 0 bridgehead atoms. The second kappa shape index (κ2) is 11.1. The molecule has 3 aliphatic rings. The second-order valence-corrected chi connectivity index (χ2v) is 11.6. The lowest BCUT2D eigenvalue weighted by Gasteiger charge is -2.44. The molecule has 0 heterocycles. The van der Waals surface area contributed by atoms with Gasteiger partial charge in [-0.15, -0.1) is 0 Å². The maximum absolute atomic E-state index is 6.76. The number of para-hydroxylation sites is 1. The lowest BCUT2D eigenvalue weighted by molar-refractivity contribution is 0.233. The molecule has 3 aliphatic carbocycles. The van der Waals surface area contributed by atoms with Crippen LogP contribution in [0.15, 0.2) is 24.3 Å². The summed E-state index contributed by atoms with van der Waals surface area (Å²) in [6.07, 6.45) is 20.1. The third kappa shape index (κ3) is 5.67. The standard InChI is InChI=1S/C25H44N4Si/c26-30-25(28-21-14-6-2-7-15-21,29-22-16-8-3-9-17-22)23-18-10-11-19-24(23)27-20-12-4-1-5-13-20/h10-11,18-22,27-29H,1-9,12-17,26,30H2. The van der Waals surface area contributed by atoms with Gasteiger partial charge in [-0.05, 0) is 44.6 Å². The summed E-state index contributed by atoms with van der Waals surface area (Å²) in [5.74, 6) is 0. The molecule has 1 aromatic carbocycles. The van der Waals surface area contributed by atoms with E-state index in [0.717, 1.165) is 0 Å². The van der Waals surface area contributed by atoms with E-state index in [1.54, 1.807) is 0 Å². The number of nitrogens with one attached hydrogen (secondary N) is 3. The monoisotopic (exact) mass is 428 g/mol. The van der Waals surface area contributed by atoms with Crippen LogP contribution in [0.1, 0.15) is 102 Å². The van der Waals surface area contributed by atoms with Gasteiger partial charge in [0.25, 0.3) is 0 Å². The van der Waals surface area contributed by atoms with Crippen LogP contribution in [-0.2, 0) is 5.29 Å². The number of hydrogen-bond acceptors (Lipinski definition) is 4. The molecule has 5 heteroatoms. The number of benzene rings is 1. The molecule has 0 aromatic heterocycles. The second-order valence-electron chi connectivity index (χ2n) is 10.1. The molecule has 0 spiro atoms. The van der Waals surface area contributed by atoms with Crippen LogP contribution in [0.2, 0.25) is 0 Å². The maximum Gasteiger partial charge on any atom is 0.135 e. The quantitative estimate of drug-likeness (QED) is 0.365. The molecule has 4 nitrogen and oxygen atoms in total. The molecule has 0 unspecified atom stereocenters. The van der Waals surface area contributed by atoms with Crippen molar-refractivity contribution >= 4 is 15.4 Å². The Bertz CT molecular complexity index is 614. The number of hydrogen-bond donors (Lipinski definition) is 4. The Labute approximate surface area is 186 Å². The highest BCUT2D eigenvalue weighted by atomic mass is 28.2. The normalized spacial score (nSPS) is 23.2. The summed E-state index contributed by atoms with van der Waals surface area (Å²) in [6, 6.07) is 10.8. The lowest BCUT2D eigenvalue weighted by atomic mass is 9.92. The van der Waals surface area contributed by atoms with Gasteiger partial charge < -0.3 is 10.7 Å². The van der Waals surface area contributed by atoms with E-state index in [4.69, 9.17) is 5.40 Å². The Morgan fingerprint density at radius 3 is 1.63 bits per heavy atom. The summed E-state index contributed by atoms with van der Waals surface area (Å²) in [5, 5.41) is 18.8. The first-order chi connectivity index (χ1) is 14.8. The molecule has 3 fully saturated rings. The first-order valence-corrected chi connectivity index (χ1v) is 14.4. The Morgan fingerprint density at radius 2 is 1.13 bits per heavy atom. The number of rotatable bonds is 8. The van der Waals surface area contributed by atoms with Gasteiger partial charge in [0, 0.05) is 29.4 Å². The van der Waals surface area contributed by atoms with Gasteiger partial charge in [-0.3, -0.25) is 10.6 Å². The van der Waals surface area contributed by atoms with Crippen LogP contribution < -0.4 is 21.3 Å². The minimum absolute atomic E-state index is 0.206. The molecule has 4 rings (SSSR count). The van der Waals surface area contributed by atoms with E-state index in [9.17, 15) is 0 Å². The van der Waals surface area contributed by atoms with Crippen LogP contribution in [0.5, 0.6) is 0 Å². The van der Waals surface area contributed by atoms with E-state index in [0.29, 0.717) is 18.1 Å². The predicted octanol–water partition coefficient (Wildman–Crippen LogP) is 4.43. The van der Waals surface area contributed by atoms with Crippen molar-refractivity contribution in [3.8, 4) is 0 Å². The van der Waals surface area contributed by atoms with Gasteiger partial charge in [0.1, 0.15) is 9.68 Å². The largest absolute Gasteiger partial charge is 0.382 e. The first-order valence-electron chi connectivity index (χ1n) is 12.9. The van der Waals surface area contributed by atoms with E-state index in [1.807, 2.05) is 0 Å². The van der Waals surface area contributed by atoms with Gasteiger partial charge in [0.05, 0.1) is 5.29 Å². The smallest absolute Gasteiger partial charge is 0.135 e. The SMILES string of the molecule is N[SiH2]C(NC1CCCCC1)(NC1CCCCC1)c1ccccc1NC1CCCCC1. The molecule has 30 heavy (non-hydrogen) atoms. The lowest BCUT2D eigenvalue weighted by Crippen LogP contribution is -2.66. The van der Waals surface area contributed by atoms with Crippen molar-refractivity contribution in [1.29, 1.82) is 0 Å². The number of nitrogens with two attached hydrogens (primary N) is 1. The minimum Gasteiger partial charge on any atom is -0.382 e. The Balaban J connectivity index is 1.61. The Morgan fingerprint density at radius 1 is 0.667 bits per heavy atom. The summed E-state index contributed by atoms with van der Waals surface area (Å²) in [7, 11) is -0.888. The highest BCUT2D eigenvalue weighted by molar-refractivity contribution is 6.36. The van der Waals surface area contributed by atoms with Crippen LogP contribution in [0.4, 0.5) is 5.69 Å². The van der Waals surface area contributed by atoms with Gasteiger partial charge in [-0.1, -0.05) is 76.0 Å². The molecule has 0 atom stereocenters. The van der Waals surface area contributed by atoms with Crippen LogP contribution in [0.3, 0.4) is 0 Å². The first kappa shape index (κ1) is 22.3. The molecule has 0 aliphatic heterocycles. The van der Waals surface area contributed by atoms with E-state index in [1.165, 1.54) is 108 Å². The summed E-state index contributed by atoms with van der Waals surface area (Å²) in [5.41, 5.74) is 2.70. The van der Waals surface area contributed by atoms with Crippen molar-refractivity contribution in [3.05, 3.63) is 29.8 Å². The van der Waals surface area contributed by atoms with Gasteiger partial charge in [0.15, 0.2) is 0 Å². The molecule has 3 saturated carbocycles. The van der Waals surface area contributed by atoms with Gasteiger partial charge in [-0.2, -0.15) is 0 Å². The van der Waals surface area contributed by atoms with Crippen LogP contribution in [0.25, 0.3) is 0 Å². The zero-order valence-corrected chi connectivity index (χ0v) is 20.3. The summed E-state index contributed by atoms with van der Waals surface area (Å²) >= 11 is 0. The van der Waals surface area contributed by atoms with Crippen molar-refractivity contribution in [3.63, 3.8) is 0 Å². The zero-order chi connectivity index (χ0) is 20.7. The third-order valence-corrected chi connectivity index (χ3v) is 9.17. The zero-order valence-electron chi connectivity index (χ0n) is 18.9. The Kier molecular flexibility index (Phi) is 8.27. The summed E-state index contributed by atoms with van der Waals surface area (Å²) < 4.78 is 0. The van der Waals surface area contributed by atoms with Crippen molar-refractivity contribution in [2.75, 3.05) is 5.32 Å². The van der Waals surface area contributed by atoms with Crippen molar-refractivity contribution in [2.24, 2.45) is 5.40 Å². The molecule has 1 aromatic rings. The van der Waals surface area contributed by atoms with Gasteiger partial charge in [-0.25, -0.2) is 0 Å². The van der Waals surface area contributed by atoms with Crippen molar-refractivity contribution < 1.29 is 0 Å². The van der Waals surface area contributed by atoms with E-state index in [2.05, 4.69) is 40.2 Å². The topological polar surface area (TPSA) is 62.1 Å². The van der Waals surface area contributed by atoms with Crippen LogP contribution in [0, 0.1) is 0 Å². The van der Waals surface area contributed by atoms with Gasteiger partial charge in [0.2, 0.25) is 0 Å². The fourth-order valence-electron chi connectivity index (χ4n) is 6.06. The van der Waals surface area contributed by atoms with Crippen LogP contribution in [-0.4, -0.2) is 27.8 Å².